The van der Waals surface area contributed by atoms with Gasteiger partial charge in [0.2, 0.25) is 5.91 Å². The van der Waals surface area contributed by atoms with Crippen LogP contribution in [0.5, 0.6) is 0 Å². The Balaban J connectivity index is 2.65. The third kappa shape index (κ3) is 4.56. The molecule has 2 N–H and O–H groups in total. The molecular weight excluding hydrogens is 315 g/mol. The van der Waals surface area contributed by atoms with Crippen molar-refractivity contribution in [2.24, 2.45) is 0 Å². The molecule has 0 radical (unpaired) electrons. The highest BCUT2D eigenvalue weighted by atomic mass is 79.9. The minimum absolute atomic E-state index is 0.0660. The molecule has 0 aromatic heterocycles. The first kappa shape index (κ1) is 16.1. The summed E-state index contributed by atoms with van der Waals surface area (Å²) in [4.78, 5) is 13.5. The number of amides is 1. The van der Waals surface area contributed by atoms with Crippen molar-refractivity contribution in [2.75, 3.05) is 25.5 Å². The summed E-state index contributed by atoms with van der Waals surface area (Å²) >= 11 is 3.15. The summed E-state index contributed by atoms with van der Waals surface area (Å²) < 4.78 is 14.2. The highest BCUT2D eigenvalue weighted by molar-refractivity contribution is 9.10. The van der Waals surface area contributed by atoms with Crippen molar-refractivity contribution in [2.45, 2.75) is 19.4 Å². The molecule has 0 saturated carbocycles. The van der Waals surface area contributed by atoms with Crippen LogP contribution in [-0.4, -0.2) is 41.7 Å². The van der Waals surface area contributed by atoms with Gasteiger partial charge in [0.1, 0.15) is 5.82 Å². The SMILES string of the molecule is CN(CC(=O)Nc1ccc(Br)cc1F)C(C)(C)CO. The van der Waals surface area contributed by atoms with Crippen molar-refractivity contribution in [3.8, 4) is 0 Å². The van der Waals surface area contributed by atoms with Gasteiger partial charge in [-0.25, -0.2) is 4.39 Å². The monoisotopic (exact) mass is 332 g/mol. The molecule has 0 bridgehead atoms. The maximum absolute atomic E-state index is 13.6. The van der Waals surface area contributed by atoms with Crippen molar-refractivity contribution in [1.82, 2.24) is 4.90 Å². The number of aliphatic hydroxyl groups excluding tert-OH is 1. The van der Waals surface area contributed by atoms with E-state index in [-0.39, 0.29) is 24.7 Å². The third-order valence-electron chi connectivity index (χ3n) is 3.01. The molecule has 0 fully saturated rings. The quantitative estimate of drug-likeness (QED) is 0.869. The number of carbonyl (C=O) groups is 1. The number of halogens is 2. The Morgan fingerprint density at radius 3 is 2.68 bits per heavy atom. The Labute approximate surface area is 120 Å². The van der Waals surface area contributed by atoms with Crippen LogP contribution in [-0.2, 0) is 4.79 Å². The molecule has 19 heavy (non-hydrogen) atoms. The summed E-state index contributed by atoms with van der Waals surface area (Å²) in [5.74, 6) is -0.822. The molecule has 0 aliphatic rings. The first-order chi connectivity index (χ1) is 8.76. The number of anilines is 1. The summed E-state index contributed by atoms with van der Waals surface area (Å²) in [6, 6.07) is 4.44. The molecular formula is C13H18BrFN2O2. The van der Waals surface area contributed by atoms with Crippen LogP contribution in [0.2, 0.25) is 0 Å². The van der Waals surface area contributed by atoms with E-state index in [0.29, 0.717) is 4.47 Å². The normalized spacial score (nSPS) is 11.7. The van der Waals surface area contributed by atoms with E-state index in [1.165, 1.54) is 12.1 Å². The van der Waals surface area contributed by atoms with Crippen LogP contribution >= 0.6 is 15.9 Å². The average Bonchev–Trinajstić information content (AvgIpc) is 2.32. The first-order valence-corrected chi connectivity index (χ1v) is 6.62. The average molecular weight is 333 g/mol. The van der Waals surface area contributed by atoms with Crippen molar-refractivity contribution in [3.05, 3.63) is 28.5 Å². The van der Waals surface area contributed by atoms with Gasteiger partial charge in [-0.3, -0.25) is 9.69 Å². The van der Waals surface area contributed by atoms with Crippen LogP contribution < -0.4 is 5.32 Å². The lowest BCUT2D eigenvalue weighted by molar-refractivity contribution is -0.118. The maximum atomic E-state index is 13.6. The van der Waals surface area contributed by atoms with Gasteiger partial charge in [0, 0.05) is 10.0 Å². The lowest BCUT2D eigenvalue weighted by atomic mass is 10.1. The maximum Gasteiger partial charge on any atom is 0.238 e. The number of hydrogen-bond donors (Lipinski definition) is 2. The molecule has 1 rings (SSSR count). The van der Waals surface area contributed by atoms with Crippen LogP contribution in [0.15, 0.2) is 22.7 Å². The lowest BCUT2D eigenvalue weighted by Gasteiger charge is -2.33. The largest absolute Gasteiger partial charge is 0.394 e. The molecule has 0 atom stereocenters. The number of rotatable bonds is 5. The predicted molar refractivity (Wildman–Crippen MR) is 76.5 cm³/mol. The zero-order valence-electron chi connectivity index (χ0n) is 11.2. The van der Waals surface area contributed by atoms with E-state index in [1.807, 2.05) is 13.8 Å². The van der Waals surface area contributed by atoms with Gasteiger partial charge < -0.3 is 10.4 Å². The van der Waals surface area contributed by atoms with Gasteiger partial charge in [-0.1, -0.05) is 15.9 Å². The molecule has 1 aromatic carbocycles. The van der Waals surface area contributed by atoms with E-state index >= 15 is 0 Å². The minimum atomic E-state index is -0.504. The smallest absolute Gasteiger partial charge is 0.238 e. The van der Waals surface area contributed by atoms with E-state index in [9.17, 15) is 14.3 Å². The fourth-order valence-corrected chi connectivity index (χ4v) is 1.66. The predicted octanol–water partition coefficient (Wildman–Crippen LogP) is 2.23. The molecule has 106 valence electrons. The van der Waals surface area contributed by atoms with E-state index in [2.05, 4.69) is 21.2 Å². The van der Waals surface area contributed by atoms with Crippen molar-refractivity contribution < 1.29 is 14.3 Å². The Morgan fingerprint density at radius 1 is 1.53 bits per heavy atom. The zero-order chi connectivity index (χ0) is 14.6. The summed E-state index contributed by atoms with van der Waals surface area (Å²) in [5, 5.41) is 11.7. The molecule has 0 unspecified atom stereocenters. The number of hydrogen-bond acceptors (Lipinski definition) is 3. The van der Waals surface area contributed by atoms with Crippen molar-refractivity contribution in [1.29, 1.82) is 0 Å². The molecule has 0 heterocycles. The van der Waals surface area contributed by atoms with E-state index < -0.39 is 11.4 Å². The highest BCUT2D eigenvalue weighted by Crippen LogP contribution is 2.19. The molecule has 0 spiro atoms. The van der Waals surface area contributed by atoms with Gasteiger partial charge in [-0.05, 0) is 39.1 Å². The third-order valence-corrected chi connectivity index (χ3v) is 3.50. The van der Waals surface area contributed by atoms with Gasteiger partial charge in [-0.15, -0.1) is 0 Å². The fourth-order valence-electron chi connectivity index (χ4n) is 1.33. The molecule has 0 aliphatic carbocycles. The van der Waals surface area contributed by atoms with Gasteiger partial charge in [0.05, 0.1) is 18.8 Å². The van der Waals surface area contributed by atoms with E-state index in [1.54, 1.807) is 18.0 Å². The highest BCUT2D eigenvalue weighted by Gasteiger charge is 2.24. The Bertz CT molecular complexity index is 466. The second-order valence-corrected chi connectivity index (χ2v) is 5.91. The van der Waals surface area contributed by atoms with E-state index in [0.717, 1.165) is 0 Å². The molecule has 1 amide bonds. The number of nitrogens with one attached hydrogen (secondary N) is 1. The van der Waals surface area contributed by atoms with Gasteiger partial charge in [0.25, 0.3) is 0 Å². The Kier molecular flexibility index (Phi) is 5.46. The van der Waals surface area contributed by atoms with Crippen LogP contribution in [0.4, 0.5) is 10.1 Å². The number of nitrogens with zero attached hydrogens (tertiary/aromatic N) is 1. The second-order valence-electron chi connectivity index (χ2n) is 5.00. The summed E-state index contributed by atoms with van der Waals surface area (Å²) in [6.45, 7) is 3.65. The van der Waals surface area contributed by atoms with Gasteiger partial charge in [0.15, 0.2) is 0 Å². The molecule has 0 aliphatic heterocycles. The standard InChI is InChI=1S/C13H18BrFN2O2/c1-13(2,8-18)17(3)7-12(19)16-11-5-4-9(14)6-10(11)15/h4-6,18H,7-8H2,1-3H3,(H,16,19). The fraction of sp³-hybridized carbons (Fsp3) is 0.462. The van der Waals surface area contributed by atoms with Gasteiger partial charge in [-0.2, -0.15) is 0 Å². The summed E-state index contributed by atoms with van der Waals surface area (Å²) in [7, 11) is 1.73. The topological polar surface area (TPSA) is 52.6 Å². The number of carbonyl (C=O) groups excluding carboxylic acids is 1. The lowest BCUT2D eigenvalue weighted by Crippen LogP contribution is -2.47. The molecule has 6 heteroatoms. The summed E-state index contributed by atoms with van der Waals surface area (Å²) in [5.41, 5.74) is -0.362. The van der Waals surface area contributed by atoms with Crippen LogP contribution in [0.3, 0.4) is 0 Å². The molecule has 1 aromatic rings. The number of benzene rings is 1. The van der Waals surface area contributed by atoms with Crippen LogP contribution in [0.1, 0.15) is 13.8 Å². The number of aliphatic hydroxyl groups is 1. The van der Waals surface area contributed by atoms with Crippen LogP contribution in [0, 0.1) is 5.82 Å². The molecule has 0 saturated heterocycles. The molecule has 4 nitrogen and oxygen atoms in total. The van der Waals surface area contributed by atoms with E-state index in [4.69, 9.17) is 0 Å². The summed E-state index contributed by atoms with van der Waals surface area (Å²) in [6.07, 6.45) is 0. The van der Waals surface area contributed by atoms with Crippen molar-refractivity contribution >= 4 is 27.5 Å². The minimum Gasteiger partial charge on any atom is -0.394 e. The Morgan fingerprint density at radius 2 is 2.16 bits per heavy atom. The first-order valence-electron chi connectivity index (χ1n) is 5.83. The van der Waals surface area contributed by atoms with Gasteiger partial charge >= 0.3 is 0 Å². The van der Waals surface area contributed by atoms with Crippen molar-refractivity contribution in [3.63, 3.8) is 0 Å². The second kappa shape index (κ2) is 6.45. The zero-order valence-corrected chi connectivity index (χ0v) is 12.8. The van der Waals surface area contributed by atoms with Crippen LogP contribution in [0.25, 0.3) is 0 Å². The number of likely N-dealkylation sites (N-methyl/N-ethyl adjacent to an activating group) is 1. The Hall–Kier alpha value is -0.980.